The van der Waals surface area contributed by atoms with Crippen LogP contribution in [0.25, 0.3) is 0 Å². The highest BCUT2D eigenvalue weighted by Gasteiger charge is 2.20. The van der Waals surface area contributed by atoms with Crippen molar-refractivity contribution in [1.29, 1.82) is 0 Å². The van der Waals surface area contributed by atoms with Crippen LogP contribution in [0.1, 0.15) is 10.4 Å². The molecule has 20 heavy (non-hydrogen) atoms. The molecule has 1 aliphatic rings. The summed E-state index contributed by atoms with van der Waals surface area (Å²) in [6.45, 7) is 0.0960. The normalized spacial score (nSPS) is 12.2. The standard InChI is InChI=1S/C14H10ClNO4/c15-8-1-3-9(4-2-8)16-11-6-13-12(19-7-20-13)5-10(11)14(17)18/h1-6,16H,7H2,(H,17,18). The van der Waals surface area contributed by atoms with Gasteiger partial charge in [0.2, 0.25) is 6.79 Å². The van der Waals surface area contributed by atoms with Gasteiger partial charge in [-0.25, -0.2) is 4.79 Å². The topological polar surface area (TPSA) is 67.8 Å². The lowest BCUT2D eigenvalue weighted by Crippen LogP contribution is -2.02. The van der Waals surface area contributed by atoms with Crippen molar-refractivity contribution in [2.24, 2.45) is 0 Å². The second-order valence-corrected chi connectivity index (χ2v) is 4.62. The van der Waals surface area contributed by atoms with Crippen LogP contribution in [0.2, 0.25) is 5.02 Å². The van der Waals surface area contributed by atoms with Crippen LogP contribution in [-0.4, -0.2) is 17.9 Å². The van der Waals surface area contributed by atoms with E-state index in [0.29, 0.717) is 22.2 Å². The molecular weight excluding hydrogens is 282 g/mol. The van der Waals surface area contributed by atoms with Gasteiger partial charge in [-0.3, -0.25) is 0 Å². The molecule has 0 aromatic heterocycles. The van der Waals surface area contributed by atoms with Crippen LogP contribution in [0.5, 0.6) is 11.5 Å². The number of halogens is 1. The number of hydrogen-bond acceptors (Lipinski definition) is 4. The molecular formula is C14H10ClNO4. The average Bonchev–Trinajstić information content (AvgIpc) is 2.87. The maximum atomic E-state index is 11.3. The molecule has 0 saturated heterocycles. The van der Waals surface area contributed by atoms with Crippen LogP contribution in [0.3, 0.4) is 0 Å². The first-order valence-electron chi connectivity index (χ1n) is 5.83. The summed E-state index contributed by atoms with van der Waals surface area (Å²) < 4.78 is 10.4. The molecule has 0 atom stereocenters. The summed E-state index contributed by atoms with van der Waals surface area (Å²) in [5.41, 5.74) is 1.28. The Balaban J connectivity index is 1.99. The van der Waals surface area contributed by atoms with E-state index >= 15 is 0 Å². The Hall–Kier alpha value is -2.40. The molecule has 0 amide bonds. The Morgan fingerprint density at radius 2 is 1.80 bits per heavy atom. The summed E-state index contributed by atoms with van der Waals surface area (Å²) >= 11 is 5.81. The first-order chi connectivity index (χ1) is 9.63. The Kier molecular flexibility index (Phi) is 3.12. The molecule has 0 unspecified atom stereocenters. The summed E-state index contributed by atoms with van der Waals surface area (Å²) in [5, 5.41) is 12.9. The third kappa shape index (κ3) is 2.35. The number of carboxylic acids is 1. The van der Waals surface area contributed by atoms with Gasteiger partial charge in [0, 0.05) is 22.8 Å². The maximum Gasteiger partial charge on any atom is 0.337 e. The third-order valence-electron chi connectivity index (χ3n) is 2.87. The first kappa shape index (κ1) is 12.6. The molecule has 0 spiro atoms. The molecule has 0 fully saturated rings. The summed E-state index contributed by atoms with van der Waals surface area (Å²) in [4.78, 5) is 11.3. The molecule has 2 N–H and O–H groups in total. The van der Waals surface area contributed by atoms with Crippen molar-refractivity contribution in [2.75, 3.05) is 12.1 Å². The maximum absolute atomic E-state index is 11.3. The van der Waals surface area contributed by atoms with Crippen LogP contribution in [-0.2, 0) is 0 Å². The van der Waals surface area contributed by atoms with Gasteiger partial charge in [-0.1, -0.05) is 11.6 Å². The molecule has 1 heterocycles. The van der Waals surface area contributed by atoms with E-state index in [9.17, 15) is 9.90 Å². The van der Waals surface area contributed by atoms with Crippen molar-refractivity contribution in [3.8, 4) is 11.5 Å². The number of hydrogen-bond donors (Lipinski definition) is 2. The first-order valence-corrected chi connectivity index (χ1v) is 6.21. The second kappa shape index (κ2) is 4.94. The second-order valence-electron chi connectivity index (χ2n) is 4.19. The number of rotatable bonds is 3. The minimum absolute atomic E-state index is 0.0960. The molecule has 0 saturated carbocycles. The minimum Gasteiger partial charge on any atom is -0.478 e. The monoisotopic (exact) mass is 291 g/mol. The highest BCUT2D eigenvalue weighted by Crippen LogP contribution is 2.38. The van der Waals surface area contributed by atoms with E-state index in [1.165, 1.54) is 6.07 Å². The van der Waals surface area contributed by atoms with Crippen LogP contribution in [0.4, 0.5) is 11.4 Å². The molecule has 2 aromatic rings. The molecule has 102 valence electrons. The molecule has 0 aliphatic carbocycles. The van der Waals surface area contributed by atoms with Gasteiger partial charge in [0.05, 0.1) is 11.3 Å². The van der Waals surface area contributed by atoms with Crippen LogP contribution in [0.15, 0.2) is 36.4 Å². The Bertz CT molecular complexity index is 670. The van der Waals surface area contributed by atoms with Gasteiger partial charge in [0.15, 0.2) is 11.5 Å². The van der Waals surface area contributed by atoms with Gasteiger partial charge in [0.25, 0.3) is 0 Å². The highest BCUT2D eigenvalue weighted by atomic mass is 35.5. The number of fused-ring (bicyclic) bond motifs is 1. The fraction of sp³-hybridized carbons (Fsp3) is 0.0714. The lowest BCUT2D eigenvalue weighted by molar-refractivity contribution is 0.0697. The zero-order valence-corrected chi connectivity index (χ0v) is 11.0. The number of aromatic carboxylic acids is 1. The predicted molar refractivity (Wildman–Crippen MR) is 74.3 cm³/mol. The van der Waals surface area contributed by atoms with Crippen LogP contribution in [0, 0.1) is 0 Å². The van der Waals surface area contributed by atoms with E-state index in [2.05, 4.69) is 5.32 Å². The number of carbonyl (C=O) groups is 1. The van der Waals surface area contributed by atoms with E-state index in [-0.39, 0.29) is 12.4 Å². The molecule has 6 heteroatoms. The molecule has 3 rings (SSSR count). The zero-order chi connectivity index (χ0) is 14.1. The molecule has 0 bridgehead atoms. The highest BCUT2D eigenvalue weighted by molar-refractivity contribution is 6.30. The van der Waals surface area contributed by atoms with Gasteiger partial charge in [-0.15, -0.1) is 0 Å². The Labute approximate surface area is 119 Å². The fourth-order valence-corrected chi connectivity index (χ4v) is 2.04. The van der Waals surface area contributed by atoms with E-state index in [4.69, 9.17) is 21.1 Å². The number of ether oxygens (including phenoxy) is 2. The van der Waals surface area contributed by atoms with Gasteiger partial charge in [-0.05, 0) is 24.3 Å². The van der Waals surface area contributed by atoms with E-state index in [0.717, 1.165) is 5.69 Å². The van der Waals surface area contributed by atoms with Crippen molar-refractivity contribution in [3.63, 3.8) is 0 Å². The molecule has 2 aromatic carbocycles. The van der Waals surface area contributed by atoms with Crippen LogP contribution >= 0.6 is 11.6 Å². The van der Waals surface area contributed by atoms with E-state index in [1.54, 1.807) is 30.3 Å². The largest absolute Gasteiger partial charge is 0.478 e. The quantitative estimate of drug-likeness (QED) is 0.906. The van der Waals surface area contributed by atoms with Gasteiger partial charge >= 0.3 is 5.97 Å². The SMILES string of the molecule is O=C(O)c1cc2c(cc1Nc1ccc(Cl)cc1)OCO2. The smallest absolute Gasteiger partial charge is 0.337 e. The van der Waals surface area contributed by atoms with Crippen molar-refractivity contribution in [2.45, 2.75) is 0 Å². The number of carboxylic acid groups (broad SMARTS) is 1. The van der Waals surface area contributed by atoms with E-state index in [1.807, 2.05) is 0 Å². The average molecular weight is 292 g/mol. The lowest BCUT2D eigenvalue weighted by Gasteiger charge is -2.11. The van der Waals surface area contributed by atoms with Crippen molar-refractivity contribution in [1.82, 2.24) is 0 Å². The summed E-state index contributed by atoms with van der Waals surface area (Å²) in [6, 6.07) is 10.0. The van der Waals surface area contributed by atoms with Crippen molar-refractivity contribution in [3.05, 3.63) is 47.0 Å². The number of nitrogens with one attached hydrogen (secondary N) is 1. The third-order valence-corrected chi connectivity index (χ3v) is 3.12. The number of benzene rings is 2. The van der Waals surface area contributed by atoms with Gasteiger partial charge in [-0.2, -0.15) is 0 Å². The minimum atomic E-state index is -1.04. The molecule has 0 radical (unpaired) electrons. The van der Waals surface area contributed by atoms with Gasteiger partial charge < -0.3 is 19.9 Å². The summed E-state index contributed by atoms with van der Waals surface area (Å²) in [7, 11) is 0. The Morgan fingerprint density at radius 1 is 1.15 bits per heavy atom. The van der Waals surface area contributed by atoms with Crippen molar-refractivity contribution < 1.29 is 19.4 Å². The van der Waals surface area contributed by atoms with E-state index < -0.39 is 5.97 Å². The Morgan fingerprint density at radius 3 is 2.45 bits per heavy atom. The molecule has 5 nitrogen and oxygen atoms in total. The number of anilines is 2. The fourth-order valence-electron chi connectivity index (χ4n) is 1.91. The van der Waals surface area contributed by atoms with Crippen LogP contribution < -0.4 is 14.8 Å². The summed E-state index contributed by atoms with van der Waals surface area (Å²) in [6.07, 6.45) is 0. The zero-order valence-electron chi connectivity index (χ0n) is 10.2. The molecule has 1 aliphatic heterocycles. The summed E-state index contributed by atoms with van der Waals surface area (Å²) in [5.74, 6) is -0.0877. The van der Waals surface area contributed by atoms with Gasteiger partial charge in [0.1, 0.15) is 0 Å². The predicted octanol–water partition coefficient (Wildman–Crippen LogP) is 3.51. The lowest BCUT2D eigenvalue weighted by atomic mass is 10.1. The van der Waals surface area contributed by atoms with Crippen molar-refractivity contribution >= 4 is 28.9 Å².